The maximum Gasteiger partial charge on any atom is 0.245 e. The Kier molecular flexibility index (Phi) is 1.96. The van der Waals surface area contributed by atoms with Crippen LogP contribution in [0.4, 0.5) is 5.95 Å². The predicted molar refractivity (Wildman–Crippen MR) is 39.4 cm³/mol. The summed E-state index contributed by atoms with van der Waals surface area (Å²) >= 11 is 8.37. The third-order valence-corrected chi connectivity index (χ3v) is 0.785. The first kappa shape index (κ1) is 6.43. The first-order valence-corrected chi connectivity index (χ1v) is 2.88. The summed E-state index contributed by atoms with van der Waals surface area (Å²) in [4.78, 5) is 0. The highest BCUT2D eigenvalue weighted by Gasteiger charge is 1.93. The van der Waals surface area contributed by atoms with Crippen LogP contribution in [0.25, 0.3) is 0 Å². The van der Waals surface area contributed by atoms with Crippen molar-refractivity contribution in [1.82, 2.24) is 20.6 Å². The van der Waals surface area contributed by atoms with Crippen LogP contribution in [-0.4, -0.2) is 24.9 Å². The molecule has 48 valence electrons. The summed E-state index contributed by atoms with van der Waals surface area (Å²) in [5.41, 5.74) is 0. The van der Waals surface area contributed by atoms with Crippen LogP contribution in [0.1, 0.15) is 0 Å². The third-order valence-electron chi connectivity index (χ3n) is 0.571. The number of hydrogen-bond donors (Lipinski definition) is 3. The lowest BCUT2D eigenvalue weighted by Gasteiger charge is -1.91. The molecule has 0 amide bonds. The Morgan fingerprint density at radius 2 is 2.56 bits per heavy atom. The second-order valence-corrected chi connectivity index (χ2v) is 2.34. The number of aromatic amines is 1. The van der Waals surface area contributed by atoms with E-state index in [1.54, 1.807) is 0 Å². The molecule has 1 rings (SSSR count). The SMILES string of the molecule is S=C(S)Nc1nnn[nH]1. The molecule has 0 spiro atoms. The predicted octanol–water partition coefficient (Wildman–Crippen LogP) is -0.174. The first-order chi connectivity index (χ1) is 4.29. The van der Waals surface area contributed by atoms with Crippen LogP contribution in [0.5, 0.6) is 0 Å². The van der Waals surface area contributed by atoms with Gasteiger partial charge in [-0.15, -0.1) is 12.6 Å². The molecule has 7 heteroatoms. The monoisotopic (exact) mass is 161 g/mol. The molecule has 9 heavy (non-hydrogen) atoms. The van der Waals surface area contributed by atoms with Gasteiger partial charge in [0, 0.05) is 0 Å². The van der Waals surface area contributed by atoms with Gasteiger partial charge in [-0.25, -0.2) is 5.10 Å². The van der Waals surface area contributed by atoms with Crippen LogP contribution in [0, 0.1) is 0 Å². The Labute approximate surface area is 61.6 Å². The van der Waals surface area contributed by atoms with E-state index >= 15 is 0 Å². The zero-order valence-electron chi connectivity index (χ0n) is 4.20. The lowest BCUT2D eigenvalue weighted by atomic mass is 11.0. The Balaban J connectivity index is 2.58. The average Bonchev–Trinajstić information content (AvgIpc) is 2.15. The van der Waals surface area contributed by atoms with Crippen molar-refractivity contribution >= 4 is 35.1 Å². The number of tetrazole rings is 1. The van der Waals surface area contributed by atoms with Crippen molar-refractivity contribution in [2.45, 2.75) is 0 Å². The van der Waals surface area contributed by atoms with E-state index in [1.165, 1.54) is 0 Å². The number of hydrogen-bond acceptors (Lipinski definition) is 4. The van der Waals surface area contributed by atoms with Crippen molar-refractivity contribution in [3.05, 3.63) is 0 Å². The van der Waals surface area contributed by atoms with Crippen molar-refractivity contribution in [3.8, 4) is 0 Å². The molecule has 0 aliphatic rings. The van der Waals surface area contributed by atoms with E-state index in [-0.39, 0.29) is 0 Å². The highest BCUT2D eigenvalue weighted by atomic mass is 32.1. The van der Waals surface area contributed by atoms with Gasteiger partial charge < -0.3 is 5.32 Å². The summed E-state index contributed by atoms with van der Waals surface area (Å²) in [7, 11) is 0. The number of nitrogens with zero attached hydrogens (tertiary/aromatic N) is 3. The fraction of sp³-hybridized carbons (Fsp3) is 0. The average molecular weight is 161 g/mol. The van der Waals surface area contributed by atoms with Crippen molar-refractivity contribution in [2.75, 3.05) is 5.32 Å². The number of H-pyrrole nitrogens is 1. The van der Waals surface area contributed by atoms with Gasteiger partial charge in [0.25, 0.3) is 0 Å². The molecule has 0 bridgehead atoms. The van der Waals surface area contributed by atoms with Gasteiger partial charge in [-0.1, -0.05) is 17.3 Å². The highest BCUT2D eigenvalue weighted by molar-refractivity contribution is 8.11. The lowest BCUT2D eigenvalue weighted by molar-refractivity contribution is 0.881. The van der Waals surface area contributed by atoms with Crippen LogP contribution in [0.3, 0.4) is 0 Å². The van der Waals surface area contributed by atoms with Gasteiger partial charge in [0.15, 0.2) is 0 Å². The number of aromatic nitrogens is 4. The van der Waals surface area contributed by atoms with Crippen molar-refractivity contribution in [1.29, 1.82) is 0 Å². The van der Waals surface area contributed by atoms with Crippen LogP contribution in [0.2, 0.25) is 0 Å². The van der Waals surface area contributed by atoms with Crippen LogP contribution < -0.4 is 5.32 Å². The molecule has 1 heterocycles. The van der Waals surface area contributed by atoms with Gasteiger partial charge >= 0.3 is 0 Å². The maximum absolute atomic E-state index is 4.58. The van der Waals surface area contributed by atoms with E-state index < -0.39 is 0 Å². The van der Waals surface area contributed by atoms with E-state index in [4.69, 9.17) is 0 Å². The Bertz CT molecular complexity index is 193. The number of thiocarbonyl (C=S) groups is 1. The van der Waals surface area contributed by atoms with Crippen molar-refractivity contribution in [2.24, 2.45) is 0 Å². The Hall–Kier alpha value is -0.690. The van der Waals surface area contributed by atoms with Gasteiger partial charge in [-0.05, 0) is 10.4 Å². The van der Waals surface area contributed by atoms with E-state index in [9.17, 15) is 0 Å². The largest absolute Gasteiger partial charge is 0.309 e. The molecular weight excluding hydrogens is 158 g/mol. The zero-order valence-corrected chi connectivity index (χ0v) is 5.91. The molecule has 0 radical (unpaired) electrons. The Morgan fingerprint density at radius 3 is 3.00 bits per heavy atom. The molecule has 0 atom stereocenters. The molecule has 2 N–H and O–H groups in total. The summed E-state index contributed by atoms with van der Waals surface area (Å²) in [5, 5.41) is 15.1. The minimum atomic E-state index is 0.327. The zero-order chi connectivity index (χ0) is 6.69. The highest BCUT2D eigenvalue weighted by Crippen LogP contribution is 1.92. The van der Waals surface area contributed by atoms with Crippen LogP contribution >= 0.6 is 24.8 Å². The molecule has 1 aromatic heterocycles. The molecule has 0 aliphatic carbocycles. The van der Waals surface area contributed by atoms with Gasteiger partial charge in [0.1, 0.15) is 4.32 Å². The summed E-state index contributed by atoms with van der Waals surface area (Å²) < 4.78 is 0.327. The molecular formula is C2H3N5S2. The van der Waals surface area contributed by atoms with Crippen molar-refractivity contribution < 1.29 is 0 Å². The molecule has 0 fully saturated rings. The fourth-order valence-corrected chi connectivity index (χ4v) is 0.516. The van der Waals surface area contributed by atoms with E-state index in [0.29, 0.717) is 10.3 Å². The maximum atomic E-state index is 4.58. The van der Waals surface area contributed by atoms with Crippen LogP contribution in [-0.2, 0) is 0 Å². The first-order valence-electron chi connectivity index (χ1n) is 2.02. The number of rotatable bonds is 1. The minimum absolute atomic E-state index is 0.327. The summed E-state index contributed by atoms with van der Waals surface area (Å²) in [6, 6.07) is 0. The fourth-order valence-electron chi connectivity index (χ4n) is 0.313. The van der Waals surface area contributed by atoms with Gasteiger partial charge in [0.05, 0.1) is 0 Å². The second-order valence-electron chi connectivity index (χ2n) is 1.18. The Morgan fingerprint density at radius 1 is 1.78 bits per heavy atom. The summed E-state index contributed by atoms with van der Waals surface area (Å²) in [6.07, 6.45) is 0. The minimum Gasteiger partial charge on any atom is -0.309 e. The van der Waals surface area contributed by atoms with E-state index in [2.05, 4.69) is 50.8 Å². The number of anilines is 1. The van der Waals surface area contributed by atoms with Crippen molar-refractivity contribution in [3.63, 3.8) is 0 Å². The summed E-state index contributed by atoms with van der Waals surface area (Å²) in [6.45, 7) is 0. The molecule has 0 saturated carbocycles. The smallest absolute Gasteiger partial charge is 0.245 e. The molecule has 0 aliphatic heterocycles. The van der Waals surface area contributed by atoms with E-state index in [0.717, 1.165) is 0 Å². The quantitative estimate of drug-likeness (QED) is 0.394. The van der Waals surface area contributed by atoms with E-state index in [1.807, 2.05) is 0 Å². The number of thiol groups is 1. The molecule has 0 saturated heterocycles. The molecule has 5 nitrogen and oxygen atoms in total. The van der Waals surface area contributed by atoms with Gasteiger partial charge in [-0.2, -0.15) is 0 Å². The standard InChI is InChI=1S/C2H3N5S2/c8-2(9)3-1-4-6-7-5-1/h(H3,3,4,5,6,7,8,9). The van der Waals surface area contributed by atoms with Gasteiger partial charge in [0.2, 0.25) is 5.95 Å². The van der Waals surface area contributed by atoms with Gasteiger partial charge in [-0.3, -0.25) is 0 Å². The van der Waals surface area contributed by atoms with Crippen LogP contribution in [0.15, 0.2) is 0 Å². The number of nitrogens with one attached hydrogen (secondary N) is 2. The molecule has 1 aromatic rings. The molecule has 0 unspecified atom stereocenters. The summed E-state index contributed by atoms with van der Waals surface area (Å²) in [5.74, 6) is 0.398. The third kappa shape index (κ3) is 1.94. The topological polar surface area (TPSA) is 66.5 Å². The lowest BCUT2D eigenvalue weighted by Crippen LogP contribution is -2.02. The normalized spacial score (nSPS) is 9.00. The second kappa shape index (κ2) is 2.74. The molecule has 0 aromatic carbocycles.